The van der Waals surface area contributed by atoms with E-state index in [9.17, 15) is 18.9 Å². The summed E-state index contributed by atoms with van der Waals surface area (Å²) >= 11 is 0. The summed E-state index contributed by atoms with van der Waals surface area (Å²) in [7, 11) is -5.47. The predicted molar refractivity (Wildman–Crippen MR) is 24.4 cm³/mol. The van der Waals surface area contributed by atoms with Gasteiger partial charge in [0.05, 0.1) is 0 Å². The van der Waals surface area contributed by atoms with Crippen molar-refractivity contribution in [3.63, 3.8) is 0 Å². The van der Waals surface area contributed by atoms with Crippen LogP contribution in [-0.2, 0) is 41.1 Å². The van der Waals surface area contributed by atoms with Gasteiger partial charge in [0.2, 0.25) is 0 Å². The number of hydrogen-bond acceptors (Lipinski definition) is 6. The zero-order valence-electron chi connectivity index (χ0n) is 5.09. The summed E-state index contributed by atoms with van der Waals surface area (Å²) in [4.78, 5) is 18.5. The minimum Gasteiger partial charge on any atom is -0.563 e. The molecule has 0 aromatic rings. The Morgan fingerprint density at radius 3 is 1.40 bits per heavy atom. The molecule has 0 aromatic heterocycles. The number of hydrogen-bond donors (Lipinski definition) is 1. The molecule has 54 valence electrons. The largest absolute Gasteiger partial charge is 2.00 e. The van der Waals surface area contributed by atoms with Gasteiger partial charge in [0.25, 0.3) is 0 Å². The summed E-state index contributed by atoms with van der Waals surface area (Å²) in [6.45, 7) is 0. The van der Waals surface area contributed by atoms with Crippen LogP contribution >= 0.6 is 16.5 Å². The third-order valence-corrected chi connectivity index (χ3v) is 1.20. The Hall–Kier alpha value is 0.975. The van der Waals surface area contributed by atoms with Crippen molar-refractivity contribution < 1.29 is 56.0 Å². The fourth-order valence-electron chi connectivity index (χ4n) is 0.0544. The van der Waals surface area contributed by atoms with E-state index in [0.717, 1.165) is 7.11 Å². The van der Waals surface area contributed by atoms with Crippen LogP contribution in [-0.4, -0.2) is 12.2 Å². The molecule has 0 aromatic carbocycles. The van der Waals surface area contributed by atoms with Crippen LogP contribution in [0, 0.1) is 0 Å². The van der Waals surface area contributed by atoms with E-state index < -0.39 is 16.5 Å². The molecule has 10 heavy (non-hydrogen) atoms. The van der Waals surface area contributed by atoms with Crippen LogP contribution < -0.4 is 9.79 Å². The van der Waals surface area contributed by atoms with E-state index in [2.05, 4.69) is 4.31 Å². The third kappa shape index (κ3) is 23.1. The van der Waals surface area contributed by atoms with Crippen molar-refractivity contribution in [2.24, 2.45) is 0 Å². The number of aliphatic hydroxyl groups is 1. The van der Waals surface area contributed by atoms with Crippen LogP contribution in [0.5, 0.6) is 0 Å². The van der Waals surface area contributed by atoms with Crippen molar-refractivity contribution in [3.05, 3.63) is 0 Å². The first-order valence-corrected chi connectivity index (χ1v) is 3.73. The number of aliphatic hydroxyl groups excluding tert-OH is 1. The maximum Gasteiger partial charge on any atom is 2.00 e. The standard InChI is InChI=1S/CH4O.Hg.O5P2/c1-2;;1-6(2)5-7(3)4/h2H,1H3;;/q;+2;. The van der Waals surface area contributed by atoms with Gasteiger partial charge in [0.1, 0.15) is 4.31 Å². The van der Waals surface area contributed by atoms with Gasteiger partial charge < -0.3 is 14.9 Å². The van der Waals surface area contributed by atoms with E-state index in [1.54, 1.807) is 0 Å². The molecule has 0 heterocycles. The van der Waals surface area contributed by atoms with Crippen molar-refractivity contribution in [3.8, 4) is 0 Å². The van der Waals surface area contributed by atoms with E-state index in [-0.39, 0.29) is 27.7 Å². The molecule has 9 heteroatoms. The molecule has 6 nitrogen and oxygen atoms in total. The zero-order chi connectivity index (χ0) is 7.86. The molecule has 0 radical (unpaired) electrons. The molecule has 0 aliphatic heterocycles. The predicted octanol–water partition coefficient (Wildman–Crippen LogP) is -1.36. The van der Waals surface area contributed by atoms with Gasteiger partial charge in [-0.25, -0.2) is 0 Å². The van der Waals surface area contributed by atoms with E-state index in [4.69, 9.17) is 5.11 Å². The molecule has 0 aliphatic carbocycles. The summed E-state index contributed by atoms with van der Waals surface area (Å²) in [5.74, 6) is 0. The van der Waals surface area contributed by atoms with Crippen molar-refractivity contribution >= 4 is 16.5 Å². The fourth-order valence-corrected chi connectivity index (χ4v) is 0.490. The Bertz CT molecular complexity index is 91.9. The zero-order valence-corrected chi connectivity index (χ0v) is 12.4. The summed E-state index contributed by atoms with van der Waals surface area (Å²) < 4.78 is 21.6. The van der Waals surface area contributed by atoms with Gasteiger partial charge in [-0.3, -0.25) is 0 Å². The van der Waals surface area contributed by atoms with Crippen LogP contribution in [0.1, 0.15) is 0 Å². The number of rotatable bonds is 2. The molecule has 0 saturated heterocycles. The normalized spacial score (nSPS) is 10.0. The van der Waals surface area contributed by atoms with Gasteiger partial charge in [-0.05, 0) is 9.13 Å². The average molecular weight is 375 g/mol. The maximum atomic E-state index is 9.24. The van der Waals surface area contributed by atoms with Crippen molar-refractivity contribution in [1.29, 1.82) is 0 Å². The molecular weight excluding hydrogens is 371 g/mol. The van der Waals surface area contributed by atoms with Crippen LogP contribution in [0.25, 0.3) is 0 Å². The first-order chi connectivity index (χ1) is 4.13. The van der Waals surface area contributed by atoms with E-state index in [1.807, 2.05) is 0 Å². The molecule has 0 saturated carbocycles. The van der Waals surface area contributed by atoms with Gasteiger partial charge in [-0.1, -0.05) is 0 Å². The molecule has 0 aliphatic rings. The third-order valence-electron chi connectivity index (χ3n) is 0.133. The Morgan fingerprint density at radius 2 is 1.40 bits per heavy atom. The molecule has 0 spiro atoms. The van der Waals surface area contributed by atoms with Crippen LogP contribution in [0.3, 0.4) is 0 Å². The molecule has 2 unspecified atom stereocenters. The minimum absolute atomic E-state index is 0. The minimum atomic E-state index is -3.24. The second kappa shape index (κ2) is 12.6. The first kappa shape index (κ1) is 17.2. The van der Waals surface area contributed by atoms with Crippen molar-refractivity contribution in [2.75, 3.05) is 7.11 Å². The van der Waals surface area contributed by atoms with E-state index in [0.29, 0.717) is 0 Å². The van der Waals surface area contributed by atoms with Gasteiger partial charge >= 0.3 is 44.2 Å². The average Bonchev–Trinajstić information content (AvgIpc) is 1.68. The van der Waals surface area contributed by atoms with Gasteiger partial charge in [-0.15, -0.1) is 0 Å². The SMILES string of the molecule is CO.O=[P+]([O-])O[P+](=O)[O-].[Hg+2]. The van der Waals surface area contributed by atoms with Crippen LogP contribution in [0.15, 0.2) is 0 Å². The molecular formula is CH4HgO6P2+2. The molecule has 0 bridgehead atoms. The molecule has 0 fully saturated rings. The summed E-state index contributed by atoms with van der Waals surface area (Å²) in [5, 5.41) is 7.00. The van der Waals surface area contributed by atoms with Crippen LogP contribution in [0.4, 0.5) is 0 Å². The van der Waals surface area contributed by atoms with Crippen molar-refractivity contribution in [2.45, 2.75) is 0 Å². The molecule has 1 N–H and O–H groups in total. The fraction of sp³-hybridized carbons (Fsp3) is 1.00. The molecule has 2 atom stereocenters. The van der Waals surface area contributed by atoms with E-state index >= 15 is 0 Å². The smallest absolute Gasteiger partial charge is 0.563 e. The molecule has 0 amide bonds. The summed E-state index contributed by atoms with van der Waals surface area (Å²) in [6.07, 6.45) is 0. The van der Waals surface area contributed by atoms with Gasteiger partial charge in [0, 0.05) is 7.11 Å². The molecule has 0 rings (SSSR count). The Labute approximate surface area is 79.6 Å². The van der Waals surface area contributed by atoms with Crippen LogP contribution in [0.2, 0.25) is 0 Å². The van der Waals surface area contributed by atoms with E-state index in [1.165, 1.54) is 0 Å². The Balaban J connectivity index is -0.000000149. The quantitative estimate of drug-likeness (QED) is 0.472. The maximum absolute atomic E-state index is 9.24. The summed E-state index contributed by atoms with van der Waals surface area (Å²) in [6, 6.07) is 0. The monoisotopic (exact) mass is 376 g/mol. The first-order valence-electron chi connectivity index (χ1n) is 1.54. The second-order valence-corrected chi connectivity index (χ2v) is 2.08. The Morgan fingerprint density at radius 1 is 1.20 bits per heavy atom. The topological polar surface area (TPSA) is 110 Å². The van der Waals surface area contributed by atoms with Crippen molar-refractivity contribution in [1.82, 2.24) is 0 Å². The van der Waals surface area contributed by atoms with Gasteiger partial charge in [-0.2, -0.15) is 0 Å². The Kier molecular flexibility index (Phi) is 21.7. The second-order valence-electron chi connectivity index (χ2n) is 0.529. The summed E-state index contributed by atoms with van der Waals surface area (Å²) in [5.41, 5.74) is 0. The van der Waals surface area contributed by atoms with Gasteiger partial charge in [0.15, 0.2) is 0 Å².